The number of carbonyl (C=O) groups excluding carboxylic acids is 2. The standard InChI is InChI=1S/C13H15F2NO4.ClH/c1-3-19-12(18)13(14,15)11(16)9-4-6-10(7-5-9)20-8(2)17;/h4-7,11H,3,16H2,1-2H3;1H/t11-;/m1./s1. The first kappa shape index (κ1) is 19.3. The molecule has 1 aromatic carbocycles. The maximum Gasteiger partial charge on any atom is 0.379 e. The van der Waals surface area contributed by atoms with Gasteiger partial charge in [0.15, 0.2) is 0 Å². The molecule has 8 heteroatoms. The molecular formula is C13H16ClF2NO4. The first-order chi connectivity index (χ1) is 9.28. The highest BCUT2D eigenvalue weighted by Crippen LogP contribution is 2.31. The number of esters is 2. The number of halogens is 3. The van der Waals surface area contributed by atoms with Crippen LogP contribution in [0.2, 0.25) is 0 Å². The molecule has 0 fully saturated rings. The molecule has 0 saturated carbocycles. The molecule has 5 nitrogen and oxygen atoms in total. The highest BCUT2D eigenvalue weighted by molar-refractivity contribution is 5.85. The molecular weight excluding hydrogens is 308 g/mol. The zero-order chi connectivity index (χ0) is 15.3. The molecule has 0 aliphatic rings. The van der Waals surface area contributed by atoms with Gasteiger partial charge in [0.05, 0.1) is 6.61 Å². The van der Waals surface area contributed by atoms with Crippen molar-refractivity contribution in [3.63, 3.8) is 0 Å². The van der Waals surface area contributed by atoms with Gasteiger partial charge >= 0.3 is 17.9 Å². The summed E-state index contributed by atoms with van der Waals surface area (Å²) in [6.07, 6.45) is 0. The van der Waals surface area contributed by atoms with E-state index >= 15 is 0 Å². The van der Waals surface area contributed by atoms with E-state index in [0.29, 0.717) is 0 Å². The van der Waals surface area contributed by atoms with Crippen molar-refractivity contribution in [2.45, 2.75) is 25.8 Å². The largest absolute Gasteiger partial charge is 0.462 e. The monoisotopic (exact) mass is 323 g/mol. The maximum atomic E-state index is 13.7. The number of alkyl halides is 2. The molecule has 0 saturated heterocycles. The minimum atomic E-state index is -3.83. The van der Waals surface area contributed by atoms with Gasteiger partial charge in [-0.3, -0.25) is 4.79 Å². The Labute approximate surface area is 126 Å². The highest BCUT2D eigenvalue weighted by Gasteiger charge is 2.47. The van der Waals surface area contributed by atoms with Crippen LogP contribution in [-0.2, 0) is 14.3 Å². The predicted molar refractivity (Wildman–Crippen MR) is 73.5 cm³/mol. The van der Waals surface area contributed by atoms with E-state index in [-0.39, 0.29) is 30.3 Å². The number of hydrogen-bond donors (Lipinski definition) is 1. The molecule has 1 atom stereocenters. The Balaban J connectivity index is 0.00000400. The van der Waals surface area contributed by atoms with Crippen molar-refractivity contribution >= 4 is 24.3 Å². The average molecular weight is 324 g/mol. The van der Waals surface area contributed by atoms with Crippen LogP contribution in [0.3, 0.4) is 0 Å². The summed E-state index contributed by atoms with van der Waals surface area (Å²) in [5, 5.41) is 0. The molecule has 0 heterocycles. The molecule has 0 bridgehead atoms. The minimum absolute atomic E-state index is 0. The fourth-order valence-electron chi connectivity index (χ4n) is 1.47. The van der Waals surface area contributed by atoms with Gasteiger partial charge in [-0.1, -0.05) is 12.1 Å². The Morgan fingerprint density at radius 2 is 1.81 bits per heavy atom. The summed E-state index contributed by atoms with van der Waals surface area (Å²) in [7, 11) is 0. The SMILES string of the molecule is CCOC(=O)C(F)(F)[C@H](N)c1ccc(OC(C)=O)cc1.Cl. The lowest BCUT2D eigenvalue weighted by Crippen LogP contribution is -2.41. The van der Waals surface area contributed by atoms with E-state index in [0.717, 1.165) is 0 Å². The molecule has 2 N–H and O–H groups in total. The van der Waals surface area contributed by atoms with Gasteiger partial charge in [-0.15, -0.1) is 12.4 Å². The third-order valence-corrected chi connectivity index (χ3v) is 2.44. The summed E-state index contributed by atoms with van der Waals surface area (Å²) >= 11 is 0. The Morgan fingerprint density at radius 3 is 2.24 bits per heavy atom. The van der Waals surface area contributed by atoms with E-state index < -0.39 is 23.9 Å². The number of hydrogen-bond acceptors (Lipinski definition) is 5. The molecule has 118 valence electrons. The summed E-state index contributed by atoms with van der Waals surface area (Å²) in [5.74, 6) is -5.83. The van der Waals surface area contributed by atoms with Crippen LogP contribution in [-0.4, -0.2) is 24.5 Å². The van der Waals surface area contributed by atoms with Crippen LogP contribution in [0.15, 0.2) is 24.3 Å². The second-order valence-electron chi connectivity index (χ2n) is 3.98. The molecule has 0 aromatic heterocycles. The zero-order valence-corrected chi connectivity index (χ0v) is 12.3. The van der Waals surface area contributed by atoms with Gasteiger partial charge < -0.3 is 15.2 Å². The average Bonchev–Trinajstić information content (AvgIpc) is 2.38. The van der Waals surface area contributed by atoms with E-state index in [1.807, 2.05) is 0 Å². The van der Waals surface area contributed by atoms with Crippen LogP contribution in [0, 0.1) is 0 Å². The summed E-state index contributed by atoms with van der Waals surface area (Å²) in [6.45, 7) is 2.48. The summed E-state index contributed by atoms with van der Waals surface area (Å²) < 4.78 is 36.5. The number of ether oxygens (including phenoxy) is 2. The molecule has 1 aromatic rings. The lowest BCUT2D eigenvalue weighted by Gasteiger charge is -2.21. The molecule has 0 aliphatic carbocycles. The lowest BCUT2D eigenvalue weighted by molar-refractivity contribution is -0.174. The van der Waals surface area contributed by atoms with Crippen molar-refractivity contribution < 1.29 is 27.8 Å². The predicted octanol–water partition coefficient (Wildman–Crippen LogP) is 2.23. The second-order valence-corrected chi connectivity index (χ2v) is 3.98. The van der Waals surface area contributed by atoms with E-state index in [2.05, 4.69) is 4.74 Å². The Morgan fingerprint density at radius 1 is 1.29 bits per heavy atom. The molecule has 0 aliphatic heterocycles. The van der Waals surface area contributed by atoms with Crippen molar-refractivity contribution in [2.75, 3.05) is 6.61 Å². The van der Waals surface area contributed by atoms with Crippen LogP contribution < -0.4 is 10.5 Å². The van der Waals surface area contributed by atoms with Crippen molar-refractivity contribution in [1.29, 1.82) is 0 Å². The van der Waals surface area contributed by atoms with Crippen molar-refractivity contribution in [3.8, 4) is 5.75 Å². The smallest absolute Gasteiger partial charge is 0.379 e. The Hall–Kier alpha value is -1.73. The fourth-order valence-corrected chi connectivity index (χ4v) is 1.47. The van der Waals surface area contributed by atoms with Crippen molar-refractivity contribution in [1.82, 2.24) is 0 Å². The van der Waals surface area contributed by atoms with E-state index in [9.17, 15) is 18.4 Å². The Kier molecular flexibility index (Phi) is 7.25. The maximum absolute atomic E-state index is 13.7. The number of benzene rings is 1. The number of nitrogens with two attached hydrogens (primary N) is 1. The van der Waals surface area contributed by atoms with Crippen LogP contribution in [0.4, 0.5) is 8.78 Å². The third-order valence-electron chi connectivity index (χ3n) is 2.44. The first-order valence-corrected chi connectivity index (χ1v) is 5.88. The second kappa shape index (κ2) is 7.90. The molecule has 1 rings (SSSR count). The number of carbonyl (C=O) groups is 2. The van der Waals surface area contributed by atoms with Crippen LogP contribution in [0.5, 0.6) is 5.75 Å². The third kappa shape index (κ3) is 4.95. The topological polar surface area (TPSA) is 78.6 Å². The number of rotatable bonds is 5. The van der Waals surface area contributed by atoms with Gasteiger partial charge in [0.1, 0.15) is 11.8 Å². The lowest BCUT2D eigenvalue weighted by atomic mass is 10.0. The molecule has 0 radical (unpaired) electrons. The normalized spacial score (nSPS) is 12.0. The molecule has 0 unspecified atom stereocenters. The minimum Gasteiger partial charge on any atom is -0.462 e. The quantitative estimate of drug-likeness (QED) is 0.664. The Bertz CT molecular complexity index is 493. The van der Waals surface area contributed by atoms with Gasteiger partial charge in [0.25, 0.3) is 0 Å². The highest BCUT2D eigenvalue weighted by atomic mass is 35.5. The van der Waals surface area contributed by atoms with Crippen molar-refractivity contribution in [3.05, 3.63) is 29.8 Å². The summed E-state index contributed by atoms with van der Waals surface area (Å²) in [6, 6.07) is 3.31. The van der Waals surface area contributed by atoms with E-state index in [4.69, 9.17) is 10.5 Å². The van der Waals surface area contributed by atoms with Crippen LogP contribution in [0.1, 0.15) is 25.5 Å². The van der Waals surface area contributed by atoms with Gasteiger partial charge in [-0.25, -0.2) is 4.79 Å². The van der Waals surface area contributed by atoms with Crippen LogP contribution >= 0.6 is 12.4 Å². The zero-order valence-electron chi connectivity index (χ0n) is 11.5. The van der Waals surface area contributed by atoms with Gasteiger partial charge in [0, 0.05) is 6.92 Å². The first-order valence-electron chi connectivity index (χ1n) is 5.88. The summed E-state index contributed by atoms with van der Waals surface area (Å²) in [5.41, 5.74) is 5.42. The van der Waals surface area contributed by atoms with Gasteiger partial charge in [-0.05, 0) is 24.6 Å². The van der Waals surface area contributed by atoms with Gasteiger partial charge in [-0.2, -0.15) is 8.78 Å². The molecule has 0 spiro atoms. The van der Waals surface area contributed by atoms with Crippen molar-refractivity contribution in [2.24, 2.45) is 5.73 Å². The molecule has 21 heavy (non-hydrogen) atoms. The van der Waals surface area contributed by atoms with Crippen LogP contribution in [0.25, 0.3) is 0 Å². The molecule has 0 amide bonds. The van der Waals surface area contributed by atoms with E-state index in [1.165, 1.54) is 38.1 Å². The summed E-state index contributed by atoms with van der Waals surface area (Å²) in [4.78, 5) is 21.9. The van der Waals surface area contributed by atoms with E-state index in [1.54, 1.807) is 0 Å². The fraction of sp³-hybridized carbons (Fsp3) is 0.385. The van der Waals surface area contributed by atoms with Gasteiger partial charge in [0.2, 0.25) is 0 Å².